The van der Waals surface area contributed by atoms with Gasteiger partial charge in [-0.25, -0.2) is 0 Å². The van der Waals surface area contributed by atoms with Gasteiger partial charge in [0, 0.05) is 39.3 Å². The summed E-state index contributed by atoms with van der Waals surface area (Å²) in [5.41, 5.74) is 5.60. The lowest BCUT2D eigenvalue weighted by Crippen LogP contribution is -2.39. The lowest BCUT2D eigenvalue weighted by Gasteiger charge is -2.23. The first-order chi connectivity index (χ1) is 6.79. The van der Waals surface area contributed by atoms with Gasteiger partial charge in [0.15, 0.2) is 0 Å². The number of nitrogens with two attached hydrogens (primary N) is 1. The van der Waals surface area contributed by atoms with Crippen LogP contribution in [0.25, 0.3) is 0 Å². The van der Waals surface area contributed by atoms with Crippen molar-refractivity contribution in [2.45, 2.75) is 31.7 Å². The molecule has 1 heterocycles. The van der Waals surface area contributed by atoms with Crippen LogP contribution in [0.15, 0.2) is 0 Å². The summed E-state index contributed by atoms with van der Waals surface area (Å²) in [7, 11) is 1.66. The zero-order valence-electron chi connectivity index (χ0n) is 8.87. The molecular weight excluding hydrogens is 180 g/mol. The van der Waals surface area contributed by atoms with E-state index in [1.807, 2.05) is 4.90 Å². The fourth-order valence-electron chi connectivity index (χ4n) is 1.92. The molecule has 0 bridgehead atoms. The Bertz CT molecular complexity index is 185. The van der Waals surface area contributed by atoms with Gasteiger partial charge in [0.25, 0.3) is 0 Å². The topological polar surface area (TPSA) is 55.6 Å². The van der Waals surface area contributed by atoms with Crippen LogP contribution in [0.2, 0.25) is 0 Å². The van der Waals surface area contributed by atoms with Crippen LogP contribution in [-0.4, -0.2) is 43.7 Å². The van der Waals surface area contributed by atoms with E-state index in [-0.39, 0.29) is 11.9 Å². The molecule has 4 nitrogen and oxygen atoms in total. The quantitative estimate of drug-likeness (QED) is 0.652. The van der Waals surface area contributed by atoms with E-state index in [1.54, 1.807) is 7.11 Å². The minimum Gasteiger partial charge on any atom is -0.385 e. The van der Waals surface area contributed by atoms with E-state index in [9.17, 15) is 4.79 Å². The average Bonchev–Trinajstić information content (AvgIpc) is 2.65. The molecule has 2 N–H and O–H groups in total. The zero-order valence-corrected chi connectivity index (χ0v) is 8.87. The second kappa shape index (κ2) is 5.98. The van der Waals surface area contributed by atoms with E-state index >= 15 is 0 Å². The number of rotatable bonds is 5. The van der Waals surface area contributed by atoms with Crippen molar-refractivity contribution < 1.29 is 9.53 Å². The highest BCUT2D eigenvalue weighted by molar-refractivity contribution is 5.76. The summed E-state index contributed by atoms with van der Waals surface area (Å²) in [4.78, 5) is 13.6. The Kier molecular flexibility index (Phi) is 4.90. The summed E-state index contributed by atoms with van der Waals surface area (Å²) in [5.74, 6) is 0.231. The highest BCUT2D eigenvalue weighted by atomic mass is 16.5. The molecule has 0 aromatic carbocycles. The van der Waals surface area contributed by atoms with Gasteiger partial charge in [-0.3, -0.25) is 4.79 Å². The van der Waals surface area contributed by atoms with E-state index < -0.39 is 0 Å². The van der Waals surface area contributed by atoms with Crippen molar-refractivity contribution in [1.82, 2.24) is 4.90 Å². The van der Waals surface area contributed by atoms with Gasteiger partial charge in [0.1, 0.15) is 0 Å². The molecule has 4 heteroatoms. The summed E-state index contributed by atoms with van der Waals surface area (Å²) < 4.78 is 4.91. The first-order valence-electron chi connectivity index (χ1n) is 5.28. The molecule has 1 aliphatic rings. The Morgan fingerprint density at radius 3 is 3.07 bits per heavy atom. The Labute approximate surface area is 85.4 Å². The predicted molar refractivity (Wildman–Crippen MR) is 54.9 cm³/mol. The third kappa shape index (κ3) is 2.96. The van der Waals surface area contributed by atoms with Gasteiger partial charge in [0.05, 0.1) is 0 Å². The van der Waals surface area contributed by atoms with Crippen LogP contribution in [0.5, 0.6) is 0 Å². The summed E-state index contributed by atoms with van der Waals surface area (Å²) in [6, 6.07) is 0.282. The number of likely N-dealkylation sites (tertiary alicyclic amines) is 1. The molecule has 0 radical (unpaired) electrons. The van der Waals surface area contributed by atoms with Crippen molar-refractivity contribution in [3.05, 3.63) is 0 Å². The molecule has 1 unspecified atom stereocenters. The molecule has 1 amide bonds. The molecule has 0 aromatic heterocycles. The largest absolute Gasteiger partial charge is 0.385 e. The molecule has 1 fully saturated rings. The minimum absolute atomic E-state index is 0.231. The van der Waals surface area contributed by atoms with Crippen molar-refractivity contribution in [2.75, 3.05) is 26.8 Å². The molecule has 0 aliphatic carbocycles. The van der Waals surface area contributed by atoms with Crippen LogP contribution >= 0.6 is 0 Å². The normalized spacial score (nSPS) is 21.6. The molecule has 1 aliphatic heterocycles. The van der Waals surface area contributed by atoms with Gasteiger partial charge < -0.3 is 15.4 Å². The Morgan fingerprint density at radius 1 is 1.64 bits per heavy atom. The lowest BCUT2D eigenvalue weighted by atomic mass is 10.2. The van der Waals surface area contributed by atoms with Gasteiger partial charge >= 0.3 is 0 Å². The van der Waals surface area contributed by atoms with Crippen molar-refractivity contribution in [2.24, 2.45) is 5.73 Å². The number of methoxy groups -OCH3 is 1. The molecule has 82 valence electrons. The smallest absolute Gasteiger partial charge is 0.222 e. The van der Waals surface area contributed by atoms with E-state index in [1.165, 1.54) is 0 Å². The fourth-order valence-corrected chi connectivity index (χ4v) is 1.92. The van der Waals surface area contributed by atoms with Crippen molar-refractivity contribution in [1.29, 1.82) is 0 Å². The number of hydrogen-bond acceptors (Lipinski definition) is 3. The summed E-state index contributed by atoms with van der Waals surface area (Å²) in [5, 5.41) is 0. The first kappa shape index (κ1) is 11.5. The number of ether oxygens (including phenoxy) is 1. The van der Waals surface area contributed by atoms with E-state index in [0.29, 0.717) is 19.6 Å². The zero-order chi connectivity index (χ0) is 10.4. The number of carbonyl (C=O) groups excluding carboxylic acids is 1. The van der Waals surface area contributed by atoms with Gasteiger partial charge in [-0.2, -0.15) is 0 Å². The van der Waals surface area contributed by atoms with Crippen LogP contribution < -0.4 is 5.73 Å². The van der Waals surface area contributed by atoms with E-state index in [2.05, 4.69) is 0 Å². The Balaban J connectivity index is 2.28. The third-order valence-corrected chi connectivity index (χ3v) is 2.71. The predicted octanol–water partition coefficient (Wildman–Crippen LogP) is 0.363. The van der Waals surface area contributed by atoms with E-state index in [4.69, 9.17) is 10.5 Å². The molecular formula is C10H20N2O2. The second-order valence-electron chi connectivity index (χ2n) is 3.72. The molecule has 0 aromatic rings. The summed E-state index contributed by atoms with van der Waals surface area (Å²) in [6.45, 7) is 2.14. The number of carbonyl (C=O) groups is 1. The molecule has 14 heavy (non-hydrogen) atoms. The van der Waals surface area contributed by atoms with Crippen LogP contribution in [0.3, 0.4) is 0 Å². The molecule has 1 atom stereocenters. The van der Waals surface area contributed by atoms with Crippen LogP contribution in [0.4, 0.5) is 0 Å². The fraction of sp³-hybridized carbons (Fsp3) is 0.900. The van der Waals surface area contributed by atoms with Gasteiger partial charge in [-0.1, -0.05) is 0 Å². The van der Waals surface area contributed by atoms with Gasteiger partial charge in [-0.15, -0.1) is 0 Å². The van der Waals surface area contributed by atoms with Crippen LogP contribution in [0, 0.1) is 0 Å². The lowest BCUT2D eigenvalue weighted by molar-refractivity contribution is -0.132. The summed E-state index contributed by atoms with van der Waals surface area (Å²) in [6.07, 6.45) is 3.55. The third-order valence-electron chi connectivity index (χ3n) is 2.71. The van der Waals surface area contributed by atoms with Crippen LogP contribution in [0.1, 0.15) is 25.7 Å². The SMILES string of the molecule is COCCCC(=O)N1CCCC1CN. The number of nitrogens with zero attached hydrogens (tertiary/aromatic N) is 1. The molecule has 1 saturated heterocycles. The van der Waals surface area contributed by atoms with Crippen LogP contribution in [-0.2, 0) is 9.53 Å². The maximum Gasteiger partial charge on any atom is 0.222 e. The average molecular weight is 200 g/mol. The highest BCUT2D eigenvalue weighted by Crippen LogP contribution is 2.17. The van der Waals surface area contributed by atoms with Crippen molar-refractivity contribution >= 4 is 5.91 Å². The number of hydrogen-bond donors (Lipinski definition) is 1. The highest BCUT2D eigenvalue weighted by Gasteiger charge is 2.26. The van der Waals surface area contributed by atoms with Crippen molar-refractivity contribution in [3.8, 4) is 0 Å². The Morgan fingerprint density at radius 2 is 2.43 bits per heavy atom. The standard InChI is InChI=1S/C10H20N2O2/c1-14-7-3-5-10(13)12-6-2-4-9(12)8-11/h9H,2-8,11H2,1H3. The Hall–Kier alpha value is -0.610. The second-order valence-corrected chi connectivity index (χ2v) is 3.72. The van der Waals surface area contributed by atoms with E-state index in [0.717, 1.165) is 25.8 Å². The molecule has 0 saturated carbocycles. The monoisotopic (exact) mass is 200 g/mol. The molecule has 0 spiro atoms. The van der Waals surface area contributed by atoms with Gasteiger partial charge in [0.2, 0.25) is 5.91 Å². The molecule has 1 rings (SSSR count). The maximum atomic E-state index is 11.7. The number of amides is 1. The first-order valence-corrected chi connectivity index (χ1v) is 5.28. The van der Waals surface area contributed by atoms with Gasteiger partial charge in [-0.05, 0) is 19.3 Å². The minimum atomic E-state index is 0.231. The van der Waals surface area contributed by atoms with Crippen molar-refractivity contribution in [3.63, 3.8) is 0 Å². The summed E-state index contributed by atoms with van der Waals surface area (Å²) >= 11 is 0. The maximum absolute atomic E-state index is 11.7.